The van der Waals surface area contributed by atoms with Crippen molar-refractivity contribution in [2.75, 3.05) is 39.0 Å². The van der Waals surface area contributed by atoms with Gasteiger partial charge in [-0.2, -0.15) is 0 Å². The predicted octanol–water partition coefficient (Wildman–Crippen LogP) is 4.26. The van der Waals surface area contributed by atoms with Gasteiger partial charge in [-0.3, -0.25) is 4.79 Å². The standard InChI is InChI=1S/C25H34N4O2.ClH/c1-18-16-21(17-19(2)23(18)27-25(31)26-3)24(30)29-14-11-22(12-15-29)28(4)13-10-20-8-6-5-7-9-20;/h5-9,16-17,22H,10-15H2,1-4H3,(H2,26,27,31);1H. The molecule has 174 valence electrons. The predicted molar refractivity (Wildman–Crippen MR) is 133 cm³/mol. The minimum absolute atomic E-state index is 0. The van der Waals surface area contributed by atoms with Crippen LogP contribution in [0.3, 0.4) is 0 Å². The topological polar surface area (TPSA) is 64.7 Å². The Morgan fingerprint density at radius 2 is 1.66 bits per heavy atom. The average molecular weight is 459 g/mol. The monoisotopic (exact) mass is 458 g/mol. The van der Waals surface area contributed by atoms with Crippen LogP contribution in [0, 0.1) is 13.8 Å². The SMILES string of the molecule is CNC(=O)Nc1c(C)cc(C(=O)N2CCC(N(C)CCc3ccccc3)CC2)cc1C.Cl. The van der Waals surface area contributed by atoms with Crippen molar-refractivity contribution in [1.82, 2.24) is 15.1 Å². The number of benzene rings is 2. The number of amides is 3. The summed E-state index contributed by atoms with van der Waals surface area (Å²) < 4.78 is 0. The van der Waals surface area contributed by atoms with Crippen molar-refractivity contribution in [1.29, 1.82) is 0 Å². The number of likely N-dealkylation sites (tertiary alicyclic amines) is 1. The van der Waals surface area contributed by atoms with Crippen LogP contribution in [0.2, 0.25) is 0 Å². The highest BCUT2D eigenvalue weighted by atomic mass is 35.5. The van der Waals surface area contributed by atoms with E-state index in [0.717, 1.165) is 55.7 Å². The maximum absolute atomic E-state index is 13.1. The van der Waals surface area contributed by atoms with Crippen molar-refractivity contribution in [2.24, 2.45) is 0 Å². The fraction of sp³-hybridized carbons (Fsp3) is 0.440. The quantitative estimate of drug-likeness (QED) is 0.679. The number of likely N-dealkylation sites (N-methyl/N-ethyl adjacent to an activating group) is 1. The molecule has 0 aromatic heterocycles. The summed E-state index contributed by atoms with van der Waals surface area (Å²) in [5, 5.41) is 5.39. The summed E-state index contributed by atoms with van der Waals surface area (Å²) in [6, 6.07) is 14.6. The van der Waals surface area contributed by atoms with E-state index >= 15 is 0 Å². The first-order valence-corrected chi connectivity index (χ1v) is 11.0. The fourth-order valence-corrected chi connectivity index (χ4v) is 4.29. The number of anilines is 1. The lowest BCUT2D eigenvalue weighted by Gasteiger charge is -2.37. The number of halogens is 1. The van der Waals surface area contributed by atoms with Crippen LogP contribution in [0.15, 0.2) is 42.5 Å². The second kappa shape index (κ2) is 11.9. The zero-order valence-electron chi connectivity index (χ0n) is 19.5. The Labute approximate surface area is 197 Å². The van der Waals surface area contributed by atoms with Crippen molar-refractivity contribution in [3.8, 4) is 0 Å². The number of nitrogens with one attached hydrogen (secondary N) is 2. The van der Waals surface area contributed by atoms with Gasteiger partial charge >= 0.3 is 6.03 Å². The number of nitrogens with zero attached hydrogens (tertiary/aromatic N) is 2. The average Bonchev–Trinajstić information content (AvgIpc) is 2.79. The van der Waals surface area contributed by atoms with E-state index in [1.807, 2.05) is 30.9 Å². The van der Waals surface area contributed by atoms with E-state index in [2.05, 4.69) is 52.9 Å². The first kappa shape index (κ1) is 25.7. The molecular weight excluding hydrogens is 424 g/mol. The molecule has 2 aromatic rings. The van der Waals surface area contributed by atoms with E-state index in [9.17, 15) is 9.59 Å². The molecule has 0 saturated carbocycles. The molecule has 0 bridgehead atoms. The van der Waals surface area contributed by atoms with Crippen LogP contribution in [-0.2, 0) is 6.42 Å². The van der Waals surface area contributed by atoms with E-state index in [-0.39, 0.29) is 24.3 Å². The van der Waals surface area contributed by atoms with Gasteiger partial charge in [-0.1, -0.05) is 30.3 Å². The van der Waals surface area contributed by atoms with E-state index in [4.69, 9.17) is 0 Å². The smallest absolute Gasteiger partial charge is 0.318 e. The third-order valence-electron chi connectivity index (χ3n) is 6.22. The summed E-state index contributed by atoms with van der Waals surface area (Å²) in [5.74, 6) is 0.0723. The second-order valence-electron chi connectivity index (χ2n) is 8.43. The molecule has 0 unspecified atom stereocenters. The van der Waals surface area contributed by atoms with Gasteiger partial charge in [-0.25, -0.2) is 4.79 Å². The number of urea groups is 1. The zero-order valence-corrected chi connectivity index (χ0v) is 20.3. The first-order chi connectivity index (χ1) is 14.9. The van der Waals surface area contributed by atoms with E-state index in [0.29, 0.717) is 11.6 Å². The maximum atomic E-state index is 13.1. The molecule has 1 saturated heterocycles. The lowest BCUT2D eigenvalue weighted by molar-refractivity contribution is 0.0646. The normalized spacial score (nSPS) is 14.1. The largest absolute Gasteiger partial charge is 0.341 e. The second-order valence-corrected chi connectivity index (χ2v) is 8.43. The third-order valence-corrected chi connectivity index (χ3v) is 6.22. The molecule has 3 rings (SSSR count). The molecule has 0 aliphatic carbocycles. The maximum Gasteiger partial charge on any atom is 0.318 e. The van der Waals surface area contributed by atoms with Crippen LogP contribution in [0.4, 0.5) is 10.5 Å². The van der Waals surface area contributed by atoms with Crippen LogP contribution in [0.25, 0.3) is 0 Å². The molecule has 0 radical (unpaired) electrons. The van der Waals surface area contributed by atoms with Crippen LogP contribution in [0.1, 0.15) is 39.9 Å². The number of aryl methyl sites for hydroxylation is 2. The summed E-state index contributed by atoms with van der Waals surface area (Å²) in [6.07, 6.45) is 3.03. The van der Waals surface area contributed by atoms with Gasteiger partial charge in [0.05, 0.1) is 0 Å². The van der Waals surface area contributed by atoms with Crippen LogP contribution < -0.4 is 10.6 Å². The molecular formula is C25H35ClN4O2. The molecule has 32 heavy (non-hydrogen) atoms. The molecule has 7 heteroatoms. The first-order valence-electron chi connectivity index (χ1n) is 11.0. The number of carbonyl (C=O) groups excluding carboxylic acids is 2. The Hall–Kier alpha value is -2.57. The van der Waals surface area contributed by atoms with Crippen molar-refractivity contribution in [3.05, 3.63) is 64.7 Å². The van der Waals surface area contributed by atoms with Crippen LogP contribution in [0.5, 0.6) is 0 Å². The van der Waals surface area contributed by atoms with Gasteiger partial charge in [0, 0.05) is 44.0 Å². The molecule has 2 aromatic carbocycles. The van der Waals surface area contributed by atoms with E-state index in [1.165, 1.54) is 5.56 Å². The van der Waals surface area contributed by atoms with E-state index in [1.54, 1.807) is 7.05 Å². The summed E-state index contributed by atoms with van der Waals surface area (Å²) in [7, 11) is 3.77. The Balaban J connectivity index is 0.00000363. The highest BCUT2D eigenvalue weighted by molar-refractivity contribution is 5.97. The van der Waals surface area contributed by atoms with Gasteiger partial charge in [-0.15, -0.1) is 12.4 Å². The zero-order chi connectivity index (χ0) is 22.4. The van der Waals surface area contributed by atoms with Gasteiger partial charge in [0.2, 0.25) is 0 Å². The molecule has 1 aliphatic heterocycles. The molecule has 6 nitrogen and oxygen atoms in total. The lowest BCUT2D eigenvalue weighted by atomic mass is 10.00. The molecule has 0 atom stereocenters. The Morgan fingerprint density at radius 3 is 2.22 bits per heavy atom. The third kappa shape index (κ3) is 6.47. The molecule has 1 heterocycles. The summed E-state index contributed by atoms with van der Waals surface area (Å²) in [6.45, 7) is 6.41. The highest BCUT2D eigenvalue weighted by Gasteiger charge is 2.26. The molecule has 1 fully saturated rings. The molecule has 3 amide bonds. The van der Waals surface area contributed by atoms with E-state index < -0.39 is 0 Å². The lowest BCUT2D eigenvalue weighted by Crippen LogP contribution is -2.46. The summed E-state index contributed by atoms with van der Waals surface area (Å²) in [4.78, 5) is 29.1. The molecule has 2 N–H and O–H groups in total. The van der Waals surface area contributed by atoms with Crippen molar-refractivity contribution < 1.29 is 9.59 Å². The minimum Gasteiger partial charge on any atom is -0.341 e. The number of hydrogen-bond donors (Lipinski definition) is 2. The number of piperidine rings is 1. The van der Waals surface area contributed by atoms with Crippen molar-refractivity contribution in [2.45, 2.75) is 39.2 Å². The van der Waals surface area contributed by atoms with Crippen LogP contribution in [-0.4, -0.2) is 61.5 Å². The number of rotatable bonds is 6. The Kier molecular flexibility index (Phi) is 9.54. The van der Waals surface area contributed by atoms with Gasteiger partial charge in [0.1, 0.15) is 0 Å². The molecule has 1 aliphatic rings. The Morgan fingerprint density at radius 1 is 1.06 bits per heavy atom. The Bertz CT molecular complexity index is 888. The highest BCUT2D eigenvalue weighted by Crippen LogP contribution is 2.24. The van der Waals surface area contributed by atoms with Crippen molar-refractivity contribution >= 4 is 30.0 Å². The number of hydrogen-bond acceptors (Lipinski definition) is 3. The van der Waals surface area contributed by atoms with Gasteiger partial charge in [-0.05, 0) is 69.0 Å². The fourth-order valence-electron chi connectivity index (χ4n) is 4.29. The molecule has 0 spiro atoms. The van der Waals surface area contributed by atoms with Crippen molar-refractivity contribution in [3.63, 3.8) is 0 Å². The minimum atomic E-state index is -0.260. The summed E-state index contributed by atoms with van der Waals surface area (Å²) >= 11 is 0. The van der Waals surface area contributed by atoms with Crippen LogP contribution >= 0.6 is 12.4 Å². The van der Waals surface area contributed by atoms with Gasteiger partial charge in [0.25, 0.3) is 5.91 Å². The summed E-state index contributed by atoms with van der Waals surface area (Å²) in [5.41, 5.74) is 4.59. The van der Waals surface area contributed by atoms with Gasteiger partial charge < -0.3 is 20.4 Å². The van der Waals surface area contributed by atoms with Gasteiger partial charge in [0.15, 0.2) is 0 Å². The number of carbonyl (C=O) groups is 2.